The number of ether oxygens (including phenoxy) is 1. The van der Waals surface area contributed by atoms with Crippen LogP contribution in [-0.4, -0.2) is 37.6 Å². The maximum atomic E-state index is 12.5. The zero-order valence-electron chi connectivity index (χ0n) is 15.1. The molecule has 3 rings (SSSR count). The van der Waals surface area contributed by atoms with Crippen LogP contribution in [0.25, 0.3) is 0 Å². The van der Waals surface area contributed by atoms with E-state index in [0.717, 1.165) is 18.8 Å². The van der Waals surface area contributed by atoms with E-state index in [0.29, 0.717) is 17.1 Å². The fraction of sp³-hybridized carbons (Fsp3) is 0.381. The predicted octanol–water partition coefficient (Wildman–Crippen LogP) is 4.31. The molecule has 1 aliphatic heterocycles. The topological polar surface area (TPSA) is 41.6 Å². The van der Waals surface area contributed by atoms with Crippen molar-refractivity contribution in [3.63, 3.8) is 0 Å². The Morgan fingerprint density at radius 1 is 1.08 bits per heavy atom. The van der Waals surface area contributed by atoms with E-state index in [-0.39, 0.29) is 11.9 Å². The molecule has 5 heteroatoms. The van der Waals surface area contributed by atoms with Crippen molar-refractivity contribution in [2.45, 2.75) is 25.3 Å². The summed E-state index contributed by atoms with van der Waals surface area (Å²) >= 11 is 5.90. The van der Waals surface area contributed by atoms with Crippen molar-refractivity contribution in [3.05, 3.63) is 64.7 Å². The normalized spacial score (nSPS) is 16.1. The first-order valence-corrected chi connectivity index (χ1v) is 9.47. The van der Waals surface area contributed by atoms with Crippen molar-refractivity contribution in [2.75, 3.05) is 26.7 Å². The van der Waals surface area contributed by atoms with Crippen molar-refractivity contribution >= 4 is 17.5 Å². The Hall–Kier alpha value is -2.04. The highest BCUT2D eigenvalue weighted by Crippen LogP contribution is 2.26. The van der Waals surface area contributed by atoms with Crippen LogP contribution in [0.2, 0.25) is 5.02 Å². The molecule has 1 amide bonds. The number of likely N-dealkylation sites (tertiary alicyclic amines) is 1. The summed E-state index contributed by atoms with van der Waals surface area (Å²) in [5.41, 5.74) is 1.82. The molecule has 138 valence electrons. The first kappa shape index (κ1) is 18.7. The van der Waals surface area contributed by atoms with Gasteiger partial charge in [0.15, 0.2) is 0 Å². The number of nitrogens with one attached hydrogen (secondary N) is 1. The van der Waals surface area contributed by atoms with E-state index in [4.69, 9.17) is 16.3 Å². The molecule has 1 fully saturated rings. The van der Waals surface area contributed by atoms with Crippen molar-refractivity contribution in [1.82, 2.24) is 10.2 Å². The van der Waals surface area contributed by atoms with Gasteiger partial charge >= 0.3 is 0 Å². The number of carbonyl (C=O) groups excluding carboxylic acids is 1. The Bertz CT molecular complexity index is 710. The van der Waals surface area contributed by atoms with Gasteiger partial charge in [-0.25, -0.2) is 0 Å². The molecular formula is C21H25ClN2O2. The van der Waals surface area contributed by atoms with Gasteiger partial charge in [-0.05, 0) is 67.9 Å². The summed E-state index contributed by atoms with van der Waals surface area (Å²) in [6.45, 7) is 2.70. The summed E-state index contributed by atoms with van der Waals surface area (Å²) in [5.74, 6) is 0.772. The fourth-order valence-corrected chi connectivity index (χ4v) is 3.53. The molecule has 1 aliphatic rings. The molecule has 26 heavy (non-hydrogen) atoms. The Morgan fingerprint density at radius 2 is 1.73 bits per heavy atom. The van der Waals surface area contributed by atoms with Gasteiger partial charge < -0.3 is 10.1 Å². The number of nitrogens with zero attached hydrogens (tertiary/aromatic N) is 1. The molecule has 0 unspecified atom stereocenters. The van der Waals surface area contributed by atoms with Crippen molar-refractivity contribution < 1.29 is 9.53 Å². The third-order valence-corrected chi connectivity index (χ3v) is 5.15. The smallest absolute Gasteiger partial charge is 0.251 e. The van der Waals surface area contributed by atoms with Gasteiger partial charge in [0.25, 0.3) is 5.91 Å². The van der Waals surface area contributed by atoms with Crippen LogP contribution >= 0.6 is 11.6 Å². The first-order valence-electron chi connectivity index (χ1n) is 9.09. The van der Waals surface area contributed by atoms with Crippen molar-refractivity contribution in [3.8, 4) is 5.75 Å². The summed E-state index contributed by atoms with van der Waals surface area (Å²) in [7, 11) is 1.67. The molecule has 4 nitrogen and oxygen atoms in total. The molecule has 0 spiro atoms. The zero-order valence-corrected chi connectivity index (χ0v) is 15.8. The maximum Gasteiger partial charge on any atom is 0.251 e. The van der Waals surface area contributed by atoms with Crippen LogP contribution < -0.4 is 10.1 Å². The number of amides is 1. The number of methoxy groups -OCH3 is 1. The summed E-state index contributed by atoms with van der Waals surface area (Å²) in [6.07, 6.45) is 3.69. The van der Waals surface area contributed by atoms with Gasteiger partial charge in [-0.1, -0.05) is 30.2 Å². The van der Waals surface area contributed by atoms with Gasteiger partial charge in [0, 0.05) is 17.1 Å². The van der Waals surface area contributed by atoms with Crippen LogP contribution in [0.4, 0.5) is 0 Å². The number of hydrogen-bond donors (Lipinski definition) is 1. The Balaban J connectivity index is 1.72. The van der Waals surface area contributed by atoms with Gasteiger partial charge in [0.1, 0.15) is 5.75 Å². The van der Waals surface area contributed by atoms with Crippen molar-refractivity contribution in [1.29, 1.82) is 0 Å². The standard InChI is InChI=1S/C21H25ClN2O2/c1-26-19-11-7-16(8-12-19)20(24-13-3-2-4-14-24)15-23-21(25)17-5-9-18(22)10-6-17/h5-12,20H,2-4,13-15H2,1H3,(H,23,25)/t20-/m1/s1. The first-order chi connectivity index (χ1) is 12.7. The van der Waals surface area contributed by atoms with E-state index in [2.05, 4.69) is 22.3 Å². The highest BCUT2D eigenvalue weighted by Gasteiger charge is 2.23. The van der Waals surface area contributed by atoms with E-state index in [1.807, 2.05) is 12.1 Å². The minimum absolute atomic E-state index is 0.0720. The number of piperidine rings is 1. The van der Waals surface area contributed by atoms with Gasteiger partial charge in [-0.2, -0.15) is 0 Å². The summed E-state index contributed by atoms with van der Waals surface area (Å²) in [5, 5.41) is 3.72. The second kappa shape index (κ2) is 9.06. The zero-order chi connectivity index (χ0) is 18.4. The highest BCUT2D eigenvalue weighted by atomic mass is 35.5. The highest BCUT2D eigenvalue weighted by molar-refractivity contribution is 6.30. The Labute approximate surface area is 160 Å². The second-order valence-electron chi connectivity index (χ2n) is 6.60. The quantitative estimate of drug-likeness (QED) is 0.821. The average molecular weight is 373 g/mol. The molecular weight excluding hydrogens is 348 g/mol. The maximum absolute atomic E-state index is 12.5. The van der Waals surface area contributed by atoms with Crippen LogP contribution in [-0.2, 0) is 0 Å². The predicted molar refractivity (Wildman–Crippen MR) is 105 cm³/mol. The SMILES string of the molecule is COc1ccc([C@@H](CNC(=O)c2ccc(Cl)cc2)N2CCCCC2)cc1. The number of rotatable bonds is 6. The van der Waals surface area contributed by atoms with Gasteiger partial charge in [0.2, 0.25) is 0 Å². The Kier molecular flexibility index (Phi) is 6.53. The van der Waals surface area contributed by atoms with Gasteiger partial charge in [0.05, 0.1) is 13.2 Å². The largest absolute Gasteiger partial charge is 0.497 e. The van der Waals surface area contributed by atoms with Crippen LogP contribution in [0.15, 0.2) is 48.5 Å². The lowest BCUT2D eigenvalue weighted by molar-refractivity contribution is 0.0924. The number of benzene rings is 2. The third kappa shape index (κ3) is 4.77. The van der Waals surface area contributed by atoms with Crippen LogP contribution in [0, 0.1) is 0 Å². The summed E-state index contributed by atoms with van der Waals surface area (Å²) in [6, 6.07) is 15.3. The molecule has 1 heterocycles. The molecule has 2 aromatic carbocycles. The van der Waals surface area contributed by atoms with Gasteiger partial charge in [-0.3, -0.25) is 9.69 Å². The average Bonchev–Trinajstić information content (AvgIpc) is 2.70. The van der Waals surface area contributed by atoms with Gasteiger partial charge in [-0.15, -0.1) is 0 Å². The third-order valence-electron chi connectivity index (χ3n) is 4.89. The summed E-state index contributed by atoms with van der Waals surface area (Å²) in [4.78, 5) is 14.9. The monoisotopic (exact) mass is 372 g/mol. The van der Waals surface area contributed by atoms with E-state index in [9.17, 15) is 4.79 Å². The number of halogens is 1. The van der Waals surface area contributed by atoms with E-state index in [1.54, 1.807) is 31.4 Å². The van der Waals surface area contributed by atoms with E-state index >= 15 is 0 Å². The molecule has 1 atom stereocenters. The van der Waals surface area contributed by atoms with Crippen molar-refractivity contribution in [2.24, 2.45) is 0 Å². The fourth-order valence-electron chi connectivity index (χ4n) is 3.41. The van der Waals surface area contributed by atoms with Crippen LogP contribution in [0.1, 0.15) is 41.2 Å². The molecule has 0 saturated carbocycles. The molecule has 1 N–H and O–H groups in total. The molecule has 0 bridgehead atoms. The van der Waals surface area contributed by atoms with E-state index < -0.39 is 0 Å². The van der Waals surface area contributed by atoms with Crippen LogP contribution in [0.5, 0.6) is 5.75 Å². The lowest BCUT2D eigenvalue weighted by Crippen LogP contribution is -2.40. The Morgan fingerprint density at radius 3 is 2.35 bits per heavy atom. The minimum Gasteiger partial charge on any atom is -0.497 e. The summed E-state index contributed by atoms with van der Waals surface area (Å²) < 4.78 is 5.27. The molecule has 0 radical (unpaired) electrons. The second-order valence-corrected chi connectivity index (χ2v) is 7.04. The van der Waals surface area contributed by atoms with E-state index in [1.165, 1.54) is 24.8 Å². The number of hydrogen-bond acceptors (Lipinski definition) is 3. The lowest BCUT2D eigenvalue weighted by atomic mass is 10.0. The number of carbonyl (C=O) groups is 1. The molecule has 1 saturated heterocycles. The lowest BCUT2D eigenvalue weighted by Gasteiger charge is -2.35. The van der Waals surface area contributed by atoms with Crippen LogP contribution in [0.3, 0.4) is 0 Å². The molecule has 0 aliphatic carbocycles. The minimum atomic E-state index is -0.0720. The molecule has 0 aromatic heterocycles. The molecule has 2 aromatic rings.